The minimum Gasteiger partial charge on any atom is -0.508 e. The molecule has 10 heteroatoms. The molecule has 2 saturated heterocycles. The highest BCUT2D eigenvalue weighted by molar-refractivity contribution is 6.01. The molecule has 4 heterocycles. The molecule has 4 aliphatic rings. The van der Waals surface area contributed by atoms with Crippen molar-refractivity contribution in [2.75, 3.05) is 50.8 Å². The maximum atomic E-state index is 17.1. The van der Waals surface area contributed by atoms with Crippen LogP contribution in [0.3, 0.4) is 0 Å². The lowest BCUT2D eigenvalue weighted by Crippen LogP contribution is -2.30. The van der Waals surface area contributed by atoms with Gasteiger partial charge in [-0.05, 0) is 136 Å². The molecule has 4 aromatic rings. The number of hydrogen-bond donors (Lipinski definition) is 1. The van der Waals surface area contributed by atoms with E-state index in [9.17, 15) is 5.11 Å². The van der Waals surface area contributed by atoms with Gasteiger partial charge in [0.05, 0.1) is 12.0 Å². The Morgan fingerprint density at radius 1 is 0.885 bits per heavy atom. The van der Waals surface area contributed by atoms with Crippen molar-refractivity contribution >= 4 is 27.5 Å². The van der Waals surface area contributed by atoms with Crippen molar-refractivity contribution in [1.29, 1.82) is 0 Å². The van der Waals surface area contributed by atoms with Gasteiger partial charge < -0.3 is 24.4 Å². The number of pyridine rings is 1. The minimum absolute atomic E-state index is 0.0126. The average molecular weight is 714 g/mol. The molecule has 3 atom stereocenters. The van der Waals surface area contributed by atoms with Gasteiger partial charge in [0.25, 0.3) is 0 Å². The number of aromatic nitrogens is 3. The van der Waals surface area contributed by atoms with Gasteiger partial charge in [0.15, 0.2) is 5.82 Å². The number of nitrogens with zero attached hydrogens (tertiary/aromatic N) is 5. The Balaban J connectivity index is 1.15. The van der Waals surface area contributed by atoms with Gasteiger partial charge in [-0.25, -0.2) is 8.78 Å². The molecular formula is C42H53F2N5O3. The van der Waals surface area contributed by atoms with Gasteiger partial charge in [-0.2, -0.15) is 9.97 Å². The largest absolute Gasteiger partial charge is 0.508 e. The third kappa shape index (κ3) is 7.70. The molecule has 1 unspecified atom stereocenters. The van der Waals surface area contributed by atoms with Gasteiger partial charge in [0, 0.05) is 38.0 Å². The van der Waals surface area contributed by atoms with E-state index in [4.69, 9.17) is 19.4 Å². The van der Waals surface area contributed by atoms with Gasteiger partial charge in [-0.1, -0.05) is 25.8 Å². The molecule has 0 amide bonds. The Kier molecular flexibility index (Phi) is 10.7. The summed E-state index contributed by atoms with van der Waals surface area (Å²) in [6.07, 6.45) is 16.1. The number of anilines is 1. The third-order valence-electron chi connectivity index (χ3n) is 12.1. The lowest BCUT2D eigenvalue weighted by Gasteiger charge is -2.33. The lowest BCUT2D eigenvalue weighted by atomic mass is 9.76. The first-order valence-corrected chi connectivity index (χ1v) is 20.0. The molecule has 8 rings (SSSR count). The van der Waals surface area contributed by atoms with Gasteiger partial charge in [0.2, 0.25) is 0 Å². The highest BCUT2D eigenvalue weighted by Crippen LogP contribution is 2.41. The molecule has 2 saturated carbocycles. The fraction of sp³-hybridized carbons (Fsp3) is 0.595. The second-order valence-electron chi connectivity index (χ2n) is 15.7. The van der Waals surface area contributed by atoms with Crippen LogP contribution in [-0.2, 0) is 11.2 Å². The summed E-state index contributed by atoms with van der Waals surface area (Å²) < 4.78 is 44.7. The van der Waals surface area contributed by atoms with Crippen molar-refractivity contribution in [2.45, 2.75) is 96.5 Å². The van der Waals surface area contributed by atoms with E-state index in [0.717, 1.165) is 31.6 Å². The fourth-order valence-corrected chi connectivity index (χ4v) is 9.26. The quantitative estimate of drug-likeness (QED) is 0.204. The van der Waals surface area contributed by atoms with E-state index in [2.05, 4.69) is 14.8 Å². The van der Waals surface area contributed by atoms with Crippen molar-refractivity contribution in [1.82, 2.24) is 19.9 Å². The van der Waals surface area contributed by atoms with Crippen LogP contribution in [0.25, 0.3) is 32.9 Å². The molecule has 8 nitrogen and oxygen atoms in total. The first-order valence-electron chi connectivity index (χ1n) is 20.0. The van der Waals surface area contributed by atoms with Crippen LogP contribution in [0, 0.1) is 29.4 Å². The van der Waals surface area contributed by atoms with Gasteiger partial charge >= 0.3 is 6.01 Å². The molecule has 2 aromatic carbocycles. The first-order chi connectivity index (χ1) is 25.4. The molecule has 4 fully saturated rings. The second-order valence-corrected chi connectivity index (χ2v) is 15.7. The summed E-state index contributed by atoms with van der Waals surface area (Å²) in [5, 5.41) is 12.3. The number of aryl methyl sites for hydroxylation is 1. The summed E-state index contributed by atoms with van der Waals surface area (Å²) in [5.41, 5.74) is 0.911. The molecule has 278 valence electrons. The van der Waals surface area contributed by atoms with Gasteiger partial charge in [-0.15, -0.1) is 0 Å². The first kappa shape index (κ1) is 35.4. The zero-order valence-corrected chi connectivity index (χ0v) is 30.6. The number of fused-ring (bicyclic) bond motifs is 3. The van der Waals surface area contributed by atoms with Crippen LogP contribution in [0.15, 0.2) is 30.5 Å². The van der Waals surface area contributed by atoms with Crippen LogP contribution < -0.4 is 9.64 Å². The Hall–Kier alpha value is -3.63. The summed E-state index contributed by atoms with van der Waals surface area (Å²) >= 11 is 0. The van der Waals surface area contributed by atoms with E-state index >= 15 is 8.78 Å². The third-order valence-corrected chi connectivity index (χ3v) is 12.1. The highest BCUT2D eigenvalue weighted by Gasteiger charge is 2.31. The highest BCUT2D eigenvalue weighted by atomic mass is 19.1. The molecular weight excluding hydrogens is 660 g/mol. The predicted octanol–water partition coefficient (Wildman–Crippen LogP) is 8.85. The van der Waals surface area contributed by atoms with Crippen LogP contribution in [0.5, 0.6) is 11.8 Å². The van der Waals surface area contributed by atoms with E-state index in [1.54, 1.807) is 18.3 Å². The topological polar surface area (TPSA) is 83.8 Å². The van der Waals surface area contributed by atoms with Crippen LogP contribution >= 0.6 is 0 Å². The summed E-state index contributed by atoms with van der Waals surface area (Å²) in [7, 11) is 0. The number of halogens is 2. The molecule has 2 aromatic heterocycles. The number of aromatic hydroxyl groups is 1. The van der Waals surface area contributed by atoms with Crippen LogP contribution in [-0.4, -0.2) is 77.0 Å². The standard InChI is InChI=1S/C42H53F2N5O3/c1-2-33-36(43)15-14-30-22-31(50)24-34(37(30)33)39-38(44)40-35(25-45-39)41(49-18-7-20-51-21-19-49)47-42(46-40)52-32-11-4-3-8-28-9-5-16-48(26-27-12-13-27)17-6-10-29(28)23-32/h14-15,22,24-25,27-29,32,50H,2-13,16-21,23,26H2,1H3/t28-,29-,32?/m1/s1. The van der Waals surface area contributed by atoms with E-state index < -0.39 is 5.82 Å². The van der Waals surface area contributed by atoms with Crippen LogP contribution in [0.4, 0.5) is 14.6 Å². The van der Waals surface area contributed by atoms with E-state index in [1.807, 2.05) is 6.92 Å². The zero-order chi connectivity index (χ0) is 35.6. The minimum atomic E-state index is -0.639. The van der Waals surface area contributed by atoms with Gasteiger partial charge in [-0.3, -0.25) is 4.98 Å². The Labute approximate surface area is 305 Å². The molecule has 2 aliphatic carbocycles. The molecule has 2 aliphatic heterocycles. The number of phenols is 1. The van der Waals surface area contributed by atoms with Crippen molar-refractivity contribution in [3.63, 3.8) is 0 Å². The number of ether oxygens (including phenoxy) is 2. The number of benzene rings is 2. The Morgan fingerprint density at radius 3 is 2.52 bits per heavy atom. The SMILES string of the molecule is CCc1c(F)ccc2cc(O)cc(-c3ncc4c(N5CCCOCC5)nc(OC5CCCC[C@@H]6CCCN(CC7CC7)CCC[C@@H]6C5)nc4c3F)c12. The maximum absolute atomic E-state index is 17.1. The number of rotatable bonds is 7. The summed E-state index contributed by atoms with van der Waals surface area (Å²) in [4.78, 5) is 19.3. The van der Waals surface area contributed by atoms with E-state index in [-0.39, 0.29) is 34.9 Å². The molecule has 52 heavy (non-hydrogen) atoms. The van der Waals surface area contributed by atoms with Gasteiger partial charge in [0.1, 0.15) is 34.7 Å². The fourth-order valence-electron chi connectivity index (χ4n) is 9.26. The summed E-state index contributed by atoms with van der Waals surface area (Å²) in [5.74, 6) is 1.76. The van der Waals surface area contributed by atoms with Crippen molar-refractivity contribution in [3.8, 4) is 23.0 Å². The van der Waals surface area contributed by atoms with E-state index in [1.165, 1.54) is 83.1 Å². The lowest BCUT2D eigenvalue weighted by molar-refractivity contribution is 0.102. The predicted molar refractivity (Wildman–Crippen MR) is 201 cm³/mol. The molecule has 0 radical (unpaired) electrons. The average Bonchev–Trinajstić information content (AvgIpc) is 3.98. The molecule has 0 bridgehead atoms. The zero-order valence-electron chi connectivity index (χ0n) is 30.6. The van der Waals surface area contributed by atoms with Crippen molar-refractivity contribution in [2.24, 2.45) is 17.8 Å². The van der Waals surface area contributed by atoms with Crippen molar-refractivity contribution in [3.05, 3.63) is 47.7 Å². The van der Waals surface area contributed by atoms with E-state index in [0.29, 0.717) is 77.7 Å². The maximum Gasteiger partial charge on any atom is 0.319 e. The summed E-state index contributed by atoms with van der Waals surface area (Å²) in [6.45, 7) is 8.07. The normalized spacial score (nSPS) is 24.0. The van der Waals surface area contributed by atoms with Crippen molar-refractivity contribution < 1.29 is 23.4 Å². The van der Waals surface area contributed by atoms with Crippen LogP contribution in [0.2, 0.25) is 0 Å². The summed E-state index contributed by atoms with van der Waals surface area (Å²) in [6, 6.07) is 6.23. The van der Waals surface area contributed by atoms with Crippen LogP contribution in [0.1, 0.15) is 89.5 Å². The monoisotopic (exact) mass is 713 g/mol. The molecule has 1 N–H and O–H groups in total. The Morgan fingerprint density at radius 2 is 1.69 bits per heavy atom. The second kappa shape index (κ2) is 15.8. The molecule has 0 spiro atoms. The smallest absolute Gasteiger partial charge is 0.319 e. The number of hydrogen-bond acceptors (Lipinski definition) is 8. The Bertz CT molecular complexity index is 1880. The number of phenolic OH excluding ortho intramolecular Hbond substituents is 1.